The molecule has 0 aromatic heterocycles. The SMILES string of the molecule is C=CCN1C2CC1CN(C(c1ccc(C(=O)NC3CCCC3)cc1)c1cccc(O)c1)C2. The molecule has 2 aromatic carbocycles. The van der Waals surface area contributed by atoms with Crippen molar-refractivity contribution in [2.75, 3.05) is 19.6 Å². The molecule has 1 saturated carbocycles. The number of benzene rings is 2. The Labute approximate surface area is 190 Å². The molecule has 3 atom stereocenters. The van der Waals surface area contributed by atoms with Crippen molar-refractivity contribution in [3.05, 3.63) is 77.9 Å². The Balaban J connectivity index is 1.37. The number of piperazine rings is 1. The van der Waals surface area contributed by atoms with Crippen LogP contribution in [0.1, 0.15) is 59.6 Å². The van der Waals surface area contributed by atoms with Gasteiger partial charge in [-0.25, -0.2) is 0 Å². The summed E-state index contributed by atoms with van der Waals surface area (Å²) in [4.78, 5) is 17.7. The van der Waals surface area contributed by atoms with Crippen molar-refractivity contribution < 1.29 is 9.90 Å². The van der Waals surface area contributed by atoms with Gasteiger partial charge >= 0.3 is 0 Å². The maximum absolute atomic E-state index is 12.7. The standard InChI is InChI=1S/C27H33N3O2/c1-2-14-30-23-16-24(30)18-29(17-23)26(21-6-5-9-25(31)15-21)19-10-12-20(13-11-19)27(32)28-22-7-3-4-8-22/h2,5-6,9-13,15,22-24,26,31H,1,3-4,7-8,14,16-18H2,(H,28,32). The van der Waals surface area contributed by atoms with Gasteiger partial charge in [0.1, 0.15) is 5.75 Å². The van der Waals surface area contributed by atoms with Gasteiger partial charge in [0.05, 0.1) is 6.04 Å². The monoisotopic (exact) mass is 431 g/mol. The number of phenols is 1. The van der Waals surface area contributed by atoms with E-state index in [-0.39, 0.29) is 17.7 Å². The summed E-state index contributed by atoms with van der Waals surface area (Å²) >= 11 is 0. The normalized spacial score (nSPS) is 24.6. The molecule has 4 aliphatic rings. The number of phenolic OH excluding ortho intramolecular Hbond substituents is 1. The lowest BCUT2D eigenvalue weighted by molar-refractivity contribution is -0.0706. The number of fused-ring (bicyclic) bond motifs is 2. The highest BCUT2D eigenvalue weighted by Crippen LogP contribution is 2.39. The van der Waals surface area contributed by atoms with E-state index in [4.69, 9.17) is 0 Å². The number of hydrogen-bond donors (Lipinski definition) is 2. The Hall–Kier alpha value is -2.63. The number of hydrogen-bond acceptors (Lipinski definition) is 4. The fourth-order valence-corrected chi connectivity index (χ4v) is 5.84. The van der Waals surface area contributed by atoms with Gasteiger partial charge in [0, 0.05) is 43.3 Å². The molecule has 2 aromatic rings. The van der Waals surface area contributed by atoms with E-state index >= 15 is 0 Å². The summed E-state index contributed by atoms with van der Waals surface area (Å²) in [5.74, 6) is 0.312. The first-order valence-corrected chi connectivity index (χ1v) is 11.9. The molecule has 0 radical (unpaired) electrons. The van der Waals surface area contributed by atoms with E-state index in [0.717, 1.165) is 43.6 Å². The van der Waals surface area contributed by atoms with Crippen LogP contribution in [0.4, 0.5) is 0 Å². The van der Waals surface area contributed by atoms with Gasteiger partial charge in [0.2, 0.25) is 0 Å². The first kappa shape index (κ1) is 21.2. The van der Waals surface area contributed by atoms with Gasteiger partial charge in [-0.1, -0.05) is 43.2 Å². The van der Waals surface area contributed by atoms with Crippen LogP contribution in [0.3, 0.4) is 0 Å². The highest BCUT2D eigenvalue weighted by Gasteiger charge is 2.45. The molecule has 3 aliphatic heterocycles. The molecule has 3 saturated heterocycles. The predicted molar refractivity (Wildman–Crippen MR) is 127 cm³/mol. The summed E-state index contributed by atoms with van der Waals surface area (Å²) in [5, 5.41) is 13.3. The Bertz CT molecular complexity index is 955. The molecule has 1 aliphatic carbocycles. The van der Waals surface area contributed by atoms with Crippen LogP contribution >= 0.6 is 0 Å². The molecule has 4 fully saturated rings. The fraction of sp³-hybridized carbons (Fsp3) is 0.444. The minimum Gasteiger partial charge on any atom is -0.508 e. The summed E-state index contributed by atoms with van der Waals surface area (Å²) in [6, 6.07) is 17.2. The van der Waals surface area contributed by atoms with Crippen LogP contribution in [0.2, 0.25) is 0 Å². The van der Waals surface area contributed by atoms with Gasteiger partial charge in [-0.2, -0.15) is 0 Å². The van der Waals surface area contributed by atoms with Crippen LogP contribution in [-0.2, 0) is 0 Å². The first-order chi connectivity index (χ1) is 15.6. The van der Waals surface area contributed by atoms with E-state index in [1.165, 1.54) is 19.3 Å². The first-order valence-electron chi connectivity index (χ1n) is 11.9. The molecule has 5 heteroatoms. The fourth-order valence-electron chi connectivity index (χ4n) is 5.84. The Morgan fingerprint density at radius 3 is 2.47 bits per heavy atom. The Kier molecular flexibility index (Phi) is 6.03. The third kappa shape index (κ3) is 4.19. The topological polar surface area (TPSA) is 55.8 Å². The quantitative estimate of drug-likeness (QED) is 0.648. The summed E-state index contributed by atoms with van der Waals surface area (Å²) < 4.78 is 0. The summed E-state index contributed by atoms with van der Waals surface area (Å²) in [5.41, 5.74) is 2.96. The molecule has 32 heavy (non-hydrogen) atoms. The number of carbonyl (C=O) groups is 1. The van der Waals surface area contributed by atoms with Crippen molar-refractivity contribution in [1.29, 1.82) is 0 Å². The molecule has 0 spiro atoms. The van der Waals surface area contributed by atoms with Crippen LogP contribution in [-0.4, -0.2) is 58.6 Å². The van der Waals surface area contributed by atoms with E-state index in [0.29, 0.717) is 23.7 Å². The highest BCUT2D eigenvalue weighted by molar-refractivity contribution is 5.94. The van der Waals surface area contributed by atoms with E-state index in [1.54, 1.807) is 6.07 Å². The van der Waals surface area contributed by atoms with E-state index in [1.807, 2.05) is 30.3 Å². The van der Waals surface area contributed by atoms with Crippen LogP contribution in [0.5, 0.6) is 5.75 Å². The van der Waals surface area contributed by atoms with Crippen molar-refractivity contribution in [3.63, 3.8) is 0 Å². The summed E-state index contributed by atoms with van der Waals surface area (Å²) in [6.07, 6.45) is 7.83. The second-order valence-corrected chi connectivity index (χ2v) is 9.56. The maximum atomic E-state index is 12.7. The lowest BCUT2D eigenvalue weighted by Crippen LogP contribution is -2.68. The zero-order valence-electron chi connectivity index (χ0n) is 18.6. The number of aromatic hydroxyl groups is 1. The van der Waals surface area contributed by atoms with Crippen molar-refractivity contribution in [1.82, 2.24) is 15.1 Å². The van der Waals surface area contributed by atoms with Gasteiger partial charge in [-0.3, -0.25) is 14.6 Å². The lowest BCUT2D eigenvalue weighted by Gasteiger charge is -2.57. The zero-order valence-corrected chi connectivity index (χ0v) is 18.6. The van der Waals surface area contributed by atoms with Crippen LogP contribution in [0, 0.1) is 0 Å². The van der Waals surface area contributed by atoms with E-state index in [2.05, 4.69) is 39.9 Å². The molecular formula is C27H33N3O2. The van der Waals surface area contributed by atoms with Crippen LogP contribution in [0.15, 0.2) is 61.2 Å². The Morgan fingerprint density at radius 2 is 1.81 bits per heavy atom. The molecular weight excluding hydrogens is 398 g/mol. The molecule has 5 nitrogen and oxygen atoms in total. The van der Waals surface area contributed by atoms with Gasteiger partial charge in [0.15, 0.2) is 0 Å². The van der Waals surface area contributed by atoms with Gasteiger partial charge in [0.25, 0.3) is 5.91 Å². The van der Waals surface area contributed by atoms with E-state index < -0.39 is 0 Å². The van der Waals surface area contributed by atoms with Crippen molar-refractivity contribution >= 4 is 5.91 Å². The zero-order chi connectivity index (χ0) is 22.1. The minimum absolute atomic E-state index is 0.0247. The number of piperidine rings is 1. The lowest BCUT2D eigenvalue weighted by atomic mass is 9.84. The van der Waals surface area contributed by atoms with Crippen LogP contribution in [0.25, 0.3) is 0 Å². The number of amides is 1. The average Bonchev–Trinajstić information content (AvgIpc) is 3.31. The van der Waals surface area contributed by atoms with Crippen molar-refractivity contribution in [2.45, 2.75) is 56.3 Å². The minimum atomic E-state index is 0.0247. The predicted octanol–water partition coefficient (Wildman–Crippen LogP) is 4.10. The molecule has 6 rings (SSSR count). The van der Waals surface area contributed by atoms with Crippen LogP contribution < -0.4 is 5.32 Å². The molecule has 3 unspecified atom stereocenters. The smallest absolute Gasteiger partial charge is 0.251 e. The Morgan fingerprint density at radius 1 is 1.09 bits per heavy atom. The van der Waals surface area contributed by atoms with Gasteiger partial charge in [-0.05, 0) is 54.7 Å². The summed E-state index contributed by atoms with van der Waals surface area (Å²) in [7, 11) is 0. The highest BCUT2D eigenvalue weighted by atomic mass is 16.3. The number of nitrogens with one attached hydrogen (secondary N) is 1. The average molecular weight is 432 g/mol. The van der Waals surface area contributed by atoms with Crippen molar-refractivity contribution in [3.8, 4) is 5.75 Å². The van der Waals surface area contributed by atoms with Gasteiger partial charge in [-0.15, -0.1) is 6.58 Å². The summed E-state index contributed by atoms with van der Waals surface area (Å²) in [6.45, 7) is 6.85. The third-order valence-corrected chi connectivity index (χ3v) is 7.44. The van der Waals surface area contributed by atoms with E-state index in [9.17, 15) is 9.90 Å². The maximum Gasteiger partial charge on any atom is 0.251 e. The molecule has 1 amide bonds. The second-order valence-electron chi connectivity index (χ2n) is 9.56. The number of rotatable bonds is 7. The van der Waals surface area contributed by atoms with Crippen molar-refractivity contribution in [2.24, 2.45) is 0 Å². The molecule has 3 heterocycles. The molecule has 2 bridgehead atoms. The number of carbonyl (C=O) groups excluding carboxylic acids is 1. The third-order valence-electron chi connectivity index (χ3n) is 7.44. The second kappa shape index (κ2) is 9.08. The largest absolute Gasteiger partial charge is 0.508 e. The number of nitrogens with zero attached hydrogens (tertiary/aromatic N) is 2. The van der Waals surface area contributed by atoms with Gasteiger partial charge < -0.3 is 10.4 Å². The molecule has 168 valence electrons. The molecule has 2 N–H and O–H groups in total.